The molecule has 2 heteroatoms. The second kappa shape index (κ2) is 8.57. The molecule has 0 N–H and O–H groups in total. The van der Waals surface area contributed by atoms with Crippen LogP contribution in [0.5, 0.6) is 0 Å². The van der Waals surface area contributed by atoms with Crippen molar-refractivity contribution in [3.05, 3.63) is 29.8 Å². The first-order valence-electron chi connectivity index (χ1n) is 6.56. The Bertz CT molecular complexity index is 294. The molecule has 0 heterocycles. The molecule has 0 radical (unpaired) electrons. The van der Waals surface area contributed by atoms with Crippen LogP contribution in [0.25, 0.3) is 0 Å². The van der Waals surface area contributed by atoms with Crippen molar-refractivity contribution < 1.29 is 4.39 Å². The molecular formula is C15H23FS. The van der Waals surface area contributed by atoms with Crippen LogP contribution in [0.1, 0.15) is 44.6 Å². The number of rotatable bonds is 8. The van der Waals surface area contributed by atoms with E-state index in [9.17, 15) is 4.39 Å². The summed E-state index contributed by atoms with van der Waals surface area (Å²) in [4.78, 5) is 1.17. The molecule has 1 atom stereocenters. The predicted octanol–water partition coefficient (Wildman–Crippen LogP) is 5.40. The molecular weight excluding hydrogens is 231 g/mol. The fourth-order valence-corrected chi connectivity index (χ4v) is 2.57. The molecule has 96 valence electrons. The van der Waals surface area contributed by atoms with Gasteiger partial charge in [-0.2, -0.15) is 0 Å². The predicted molar refractivity (Wildman–Crippen MR) is 75.6 cm³/mol. The minimum Gasteiger partial charge on any atom is -0.247 e. The largest absolute Gasteiger partial charge is 0.247 e. The van der Waals surface area contributed by atoms with Crippen molar-refractivity contribution in [1.82, 2.24) is 0 Å². The molecule has 0 saturated heterocycles. The summed E-state index contributed by atoms with van der Waals surface area (Å²) in [5, 5.41) is 0. The lowest BCUT2D eigenvalue weighted by atomic mass is 10.1. The van der Waals surface area contributed by atoms with Crippen molar-refractivity contribution in [1.29, 1.82) is 0 Å². The van der Waals surface area contributed by atoms with Gasteiger partial charge < -0.3 is 0 Å². The normalized spacial score (nSPS) is 12.6. The van der Waals surface area contributed by atoms with E-state index >= 15 is 0 Å². The number of benzene rings is 1. The van der Waals surface area contributed by atoms with Crippen LogP contribution < -0.4 is 0 Å². The van der Waals surface area contributed by atoms with Gasteiger partial charge in [-0.25, -0.2) is 4.39 Å². The zero-order valence-electron chi connectivity index (χ0n) is 10.9. The molecule has 1 unspecified atom stereocenters. The summed E-state index contributed by atoms with van der Waals surface area (Å²) in [5.74, 6) is 0.592. The van der Waals surface area contributed by atoms with E-state index in [2.05, 4.69) is 38.1 Å². The highest BCUT2D eigenvalue weighted by Crippen LogP contribution is 2.22. The van der Waals surface area contributed by atoms with Crippen molar-refractivity contribution in [3.63, 3.8) is 0 Å². The van der Waals surface area contributed by atoms with Gasteiger partial charge in [0.1, 0.15) is 6.17 Å². The molecule has 1 rings (SSSR count). The molecule has 17 heavy (non-hydrogen) atoms. The molecule has 0 bridgehead atoms. The monoisotopic (exact) mass is 254 g/mol. The Balaban J connectivity index is 2.14. The van der Waals surface area contributed by atoms with Crippen LogP contribution in [-0.2, 0) is 0 Å². The molecule has 1 aromatic rings. The Morgan fingerprint density at radius 2 is 1.82 bits per heavy atom. The van der Waals surface area contributed by atoms with Gasteiger partial charge in [-0.3, -0.25) is 0 Å². The third-order valence-corrected chi connectivity index (χ3v) is 3.96. The number of hydrogen-bond donors (Lipinski definition) is 0. The maximum atomic E-state index is 13.6. The van der Waals surface area contributed by atoms with Crippen molar-refractivity contribution in [2.75, 3.05) is 5.75 Å². The van der Waals surface area contributed by atoms with E-state index in [1.54, 1.807) is 11.8 Å². The maximum Gasteiger partial charge on any atom is 0.109 e. The fraction of sp³-hybridized carbons (Fsp3) is 0.600. The summed E-state index contributed by atoms with van der Waals surface area (Å²) in [7, 11) is 0. The van der Waals surface area contributed by atoms with E-state index in [1.807, 2.05) is 0 Å². The Morgan fingerprint density at radius 1 is 1.12 bits per heavy atom. The number of hydrogen-bond acceptors (Lipinski definition) is 1. The minimum absolute atomic E-state index is 0.592. The molecule has 0 amide bonds. The van der Waals surface area contributed by atoms with E-state index < -0.39 is 6.17 Å². The van der Waals surface area contributed by atoms with Gasteiger partial charge in [0.25, 0.3) is 0 Å². The molecule has 0 aliphatic heterocycles. The van der Waals surface area contributed by atoms with Crippen LogP contribution in [0.2, 0.25) is 0 Å². The average molecular weight is 254 g/mol. The average Bonchev–Trinajstić information content (AvgIpc) is 2.34. The molecule has 0 aromatic heterocycles. The molecule has 0 aliphatic rings. The van der Waals surface area contributed by atoms with E-state index in [-0.39, 0.29) is 0 Å². The third-order valence-electron chi connectivity index (χ3n) is 2.82. The topological polar surface area (TPSA) is 0 Å². The zero-order valence-corrected chi connectivity index (χ0v) is 11.7. The Kier molecular flexibility index (Phi) is 7.34. The first-order valence-corrected chi connectivity index (χ1v) is 7.54. The van der Waals surface area contributed by atoms with Gasteiger partial charge in [0, 0.05) is 10.6 Å². The van der Waals surface area contributed by atoms with Gasteiger partial charge in [0.15, 0.2) is 0 Å². The van der Waals surface area contributed by atoms with Crippen LogP contribution in [0.15, 0.2) is 29.2 Å². The molecule has 0 aliphatic carbocycles. The number of alkyl halides is 1. The van der Waals surface area contributed by atoms with Crippen LogP contribution in [0.3, 0.4) is 0 Å². The van der Waals surface area contributed by atoms with Crippen LogP contribution in [0.4, 0.5) is 4.39 Å². The zero-order chi connectivity index (χ0) is 12.5. The minimum atomic E-state index is -0.654. The number of halogens is 1. The summed E-state index contributed by atoms with van der Waals surface area (Å²) < 4.78 is 13.6. The first kappa shape index (κ1) is 14.6. The Labute approximate surface area is 109 Å². The van der Waals surface area contributed by atoms with E-state index in [0.717, 1.165) is 12.8 Å². The standard InChI is InChI=1S/C15H23FS/c1-3-4-5-6-7-14(16)12-17-15-10-8-13(2)9-11-15/h8-11,14H,3-7,12H2,1-2H3. The second-order valence-corrected chi connectivity index (χ2v) is 5.66. The number of unbranched alkanes of at least 4 members (excludes halogenated alkanes) is 3. The highest BCUT2D eigenvalue weighted by Gasteiger charge is 2.06. The van der Waals surface area contributed by atoms with Crippen molar-refractivity contribution in [2.24, 2.45) is 0 Å². The molecule has 0 spiro atoms. The Hall–Kier alpha value is -0.500. The lowest BCUT2D eigenvalue weighted by Crippen LogP contribution is -2.03. The smallest absolute Gasteiger partial charge is 0.109 e. The SMILES string of the molecule is CCCCCCC(F)CSc1ccc(C)cc1. The summed E-state index contributed by atoms with van der Waals surface area (Å²) in [5.41, 5.74) is 1.26. The van der Waals surface area contributed by atoms with Crippen molar-refractivity contribution in [3.8, 4) is 0 Å². The molecule has 0 fully saturated rings. The highest BCUT2D eigenvalue weighted by atomic mass is 32.2. The Morgan fingerprint density at radius 3 is 2.47 bits per heavy atom. The first-order chi connectivity index (χ1) is 8.22. The van der Waals surface area contributed by atoms with Gasteiger partial charge in [-0.1, -0.05) is 50.3 Å². The van der Waals surface area contributed by atoms with E-state index in [4.69, 9.17) is 0 Å². The maximum absolute atomic E-state index is 13.6. The second-order valence-electron chi connectivity index (χ2n) is 4.57. The summed E-state index contributed by atoms with van der Waals surface area (Å²) in [6.07, 6.45) is 4.72. The van der Waals surface area contributed by atoms with E-state index in [1.165, 1.54) is 29.7 Å². The van der Waals surface area contributed by atoms with Crippen molar-refractivity contribution in [2.45, 2.75) is 57.0 Å². The van der Waals surface area contributed by atoms with Gasteiger partial charge in [-0.05, 0) is 25.5 Å². The number of thioether (sulfide) groups is 1. The highest BCUT2D eigenvalue weighted by molar-refractivity contribution is 7.99. The van der Waals surface area contributed by atoms with Crippen LogP contribution in [-0.4, -0.2) is 11.9 Å². The molecule has 1 aromatic carbocycles. The van der Waals surface area contributed by atoms with Gasteiger partial charge >= 0.3 is 0 Å². The van der Waals surface area contributed by atoms with Crippen LogP contribution >= 0.6 is 11.8 Å². The molecule has 0 saturated carbocycles. The lowest BCUT2D eigenvalue weighted by molar-refractivity contribution is 0.336. The third kappa shape index (κ3) is 6.72. The molecule has 0 nitrogen and oxygen atoms in total. The van der Waals surface area contributed by atoms with Gasteiger partial charge in [-0.15, -0.1) is 11.8 Å². The van der Waals surface area contributed by atoms with E-state index in [0.29, 0.717) is 5.75 Å². The summed E-state index contributed by atoms with van der Waals surface area (Å²) in [6.45, 7) is 4.25. The van der Waals surface area contributed by atoms with Gasteiger partial charge in [0.05, 0.1) is 0 Å². The van der Waals surface area contributed by atoms with Gasteiger partial charge in [0.2, 0.25) is 0 Å². The quantitative estimate of drug-likeness (QED) is 0.442. The number of aryl methyl sites for hydroxylation is 1. The van der Waals surface area contributed by atoms with Crippen molar-refractivity contribution >= 4 is 11.8 Å². The fourth-order valence-electron chi connectivity index (χ4n) is 1.70. The van der Waals surface area contributed by atoms with Crippen LogP contribution in [0, 0.1) is 6.92 Å². The summed E-state index contributed by atoms with van der Waals surface area (Å²) in [6, 6.07) is 8.31. The lowest BCUT2D eigenvalue weighted by Gasteiger charge is -2.07. The summed E-state index contributed by atoms with van der Waals surface area (Å²) >= 11 is 1.63.